The van der Waals surface area contributed by atoms with Crippen molar-refractivity contribution in [3.63, 3.8) is 0 Å². The van der Waals surface area contributed by atoms with Crippen LogP contribution in [0.25, 0.3) is 0 Å². The molecule has 1 aliphatic carbocycles. The Morgan fingerprint density at radius 2 is 2.12 bits per heavy atom. The second kappa shape index (κ2) is 6.20. The van der Waals surface area contributed by atoms with Gasteiger partial charge in [-0.3, -0.25) is 0 Å². The molecule has 1 aromatic rings. The van der Waals surface area contributed by atoms with Crippen molar-refractivity contribution in [3.8, 4) is 0 Å². The summed E-state index contributed by atoms with van der Waals surface area (Å²) in [5.74, 6) is 2.63. The van der Waals surface area contributed by atoms with Crippen molar-refractivity contribution >= 4 is 0 Å². The van der Waals surface area contributed by atoms with E-state index in [9.17, 15) is 0 Å². The van der Waals surface area contributed by atoms with Gasteiger partial charge >= 0.3 is 0 Å². The molecule has 2 rings (SSSR count). The molecule has 1 saturated carbocycles. The minimum Gasteiger partial charge on any atom is -0.445 e. The molecule has 0 saturated heterocycles. The van der Waals surface area contributed by atoms with Gasteiger partial charge in [0.2, 0.25) is 0 Å². The van der Waals surface area contributed by atoms with Crippen LogP contribution in [0.2, 0.25) is 0 Å². The van der Waals surface area contributed by atoms with Gasteiger partial charge in [0.05, 0.1) is 6.20 Å². The van der Waals surface area contributed by atoms with Crippen molar-refractivity contribution in [2.24, 2.45) is 0 Å². The van der Waals surface area contributed by atoms with E-state index >= 15 is 0 Å². The molecule has 0 bridgehead atoms. The highest BCUT2D eigenvalue weighted by molar-refractivity contribution is 5.03. The Hall–Kier alpha value is -0.830. The first-order valence-electron chi connectivity index (χ1n) is 6.93. The number of nitrogens with one attached hydrogen (secondary N) is 1. The Kier molecular flexibility index (Phi) is 4.60. The fraction of sp³-hybridized carbons (Fsp3) is 0.786. The van der Waals surface area contributed by atoms with Gasteiger partial charge in [-0.05, 0) is 12.8 Å². The predicted molar refractivity (Wildman–Crippen MR) is 69.2 cm³/mol. The zero-order chi connectivity index (χ0) is 12.1. The molecule has 1 aromatic heterocycles. The van der Waals surface area contributed by atoms with Crippen molar-refractivity contribution < 1.29 is 4.42 Å². The van der Waals surface area contributed by atoms with Gasteiger partial charge < -0.3 is 9.73 Å². The quantitative estimate of drug-likeness (QED) is 0.852. The third-order valence-electron chi connectivity index (χ3n) is 3.47. The van der Waals surface area contributed by atoms with E-state index in [1.807, 2.05) is 6.20 Å². The lowest BCUT2D eigenvalue weighted by molar-refractivity contribution is 0.358. The van der Waals surface area contributed by atoms with Crippen molar-refractivity contribution in [2.75, 3.05) is 6.54 Å². The van der Waals surface area contributed by atoms with E-state index in [0.717, 1.165) is 24.6 Å². The van der Waals surface area contributed by atoms with Crippen LogP contribution in [0, 0.1) is 0 Å². The molecule has 3 nitrogen and oxygen atoms in total. The minimum absolute atomic E-state index is 0.530. The van der Waals surface area contributed by atoms with Crippen LogP contribution in [0.5, 0.6) is 0 Å². The van der Waals surface area contributed by atoms with E-state index in [0.29, 0.717) is 12.0 Å². The molecular formula is C14H24N2O. The predicted octanol–water partition coefficient (Wildman–Crippen LogP) is 3.26. The van der Waals surface area contributed by atoms with E-state index in [4.69, 9.17) is 4.42 Å². The number of rotatable bonds is 5. The Bertz CT molecular complexity index is 327. The van der Waals surface area contributed by atoms with Gasteiger partial charge in [0.1, 0.15) is 5.76 Å². The summed E-state index contributed by atoms with van der Waals surface area (Å²) >= 11 is 0. The molecule has 1 N–H and O–H groups in total. The largest absolute Gasteiger partial charge is 0.445 e. The topological polar surface area (TPSA) is 38.1 Å². The maximum Gasteiger partial charge on any atom is 0.195 e. The summed E-state index contributed by atoms with van der Waals surface area (Å²) in [5, 5.41) is 3.38. The summed E-state index contributed by atoms with van der Waals surface area (Å²) in [6.45, 7) is 5.26. The average Bonchev–Trinajstić information content (AvgIpc) is 2.78. The third-order valence-corrected chi connectivity index (χ3v) is 3.47. The second-order valence-electron chi connectivity index (χ2n) is 5.35. The summed E-state index contributed by atoms with van der Waals surface area (Å²) in [6.07, 6.45) is 9.46. The Morgan fingerprint density at radius 1 is 1.35 bits per heavy atom. The van der Waals surface area contributed by atoms with Gasteiger partial charge in [-0.15, -0.1) is 0 Å². The maximum atomic E-state index is 5.85. The van der Waals surface area contributed by atoms with Crippen LogP contribution in [-0.2, 0) is 6.42 Å². The van der Waals surface area contributed by atoms with Crippen LogP contribution in [-0.4, -0.2) is 17.6 Å². The third kappa shape index (κ3) is 3.84. The normalized spacial score (nSPS) is 17.8. The van der Waals surface area contributed by atoms with E-state index in [1.54, 1.807) is 0 Å². The lowest BCUT2D eigenvalue weighted by Gasteiger charge is -2.18. The molecular weight excluding hydrogens is 212 g/mol. The lowest BCUT2D eigenvalue weighted by Crippen LogP contribution is -2.24. The summed E-state index contributed by atoms with van der Waals surface area (Å²) < 4.78 is 5.85. The number of oxazole rings is 1. The average molecular weight is 236 g/mol. The highest BCUT2D eigenvalue weighted by Gasteiger charge is 2.19. The molecule has 0 unspecified atom stereocenters. The van der Waals surface area contributed by atoms with Gasteiger partial charge in [-0.1, -0.05) is 33.1 Å². The van der Waals surface area contributed by atoms with Crippen LogP contribution in [0.4, 0.5) is 0 Å². The molecule has 96 valence electrons. The maximum absolute atomic E-state index is 5.85. The first-order valence-corrected chi connectivity index (χ1v) is 6.93. The summed E-state index contributed by atoms with van der Waals surface area (Å²) in [5.41, 5.74) is 0. The SMILES string of the molecule is CC(C)NCCc1ncc(C2CCCCC2)o1. The van der Waals surface area contributed by atoms with E-state index in [1.165, 1.54) is 32.1 Å². The molecule has 3 heteroatoms. The lowest BCUT2D eigenvalue weighted by atomic mass is 9.88. The van der Waals surface area contributed by atoms with Crippen LogP contribution < -0.4 is 5.32 Å². The molecule has 0 radical (unpaired) electrons. The zero-order valence-electron chi connectivity index (χ0n) is 11.0. The van der Waals surface area contributed by atoms with Crippen molar-refractivity contribution in [1.82, 2.24) is 10.3 Å². The first-order chi connectivity index (χ1) is 8.25. The van der Waals surface area contributed by atoms with E-state index < -0.39 is 0 Å². The van der Waals surface area contributed by atoms with Gasteiger partial charge in [0, 0.05) is 24.9 Å². The van der Waals surface area contributed by atoms with Gasteiger partial charge in [0.15, 0.2) is 5.89 Å². The second-order valence-corrected chi connectivity index (χ2v) is 5.35. The van der Waals surface area contributed by atoms with Gasteiger partial charge in [-0.25, -0.2) is 4.98 Å². The summed E-state index contributed by atoms with van der Waals surface area (Å²) in [4.78, 5) is 4.38. The summed E-state index contributed by atoms with van der Waals surface area (Å²) in [6, 6.07) is 0.530. The first kappa shape index (κ1) is 12.6. The minimum atomic E-state index is 0.530. The highest BCUT2D eigenvalue weighted by atomic mass is 16.4. The van der Waals surface area contributed by atoms with Crippen LogP contribution >= 0.6 is 0 Å². The van der Waals surface area contributed by atoms with Crippen molar-refractivity contribution in [3.05, 3.63) is 17.8 Å². The molecule has 1 aliphatic rings. The molecule has 1 heterocycles. The van der Waals surface area contributed by atoms with Gasteiger partial charge in [0.25, 0.3) is 0 Å². The molecule has 0 spiro atoms. The molecule has 0 aromatic carbocycles. The molecule has 0 aliphatic heterocycles. The van der Waals surface area contributed by atoms with Crippen molar-refractivity contribution in [1.29, 1.82) is 0 Å². The standard InChI is InChI=1S/C14H24N2O/c1-11(2)15-9-8-14-16-10-13(17-14)12-6-4-3-5-7-12/h10-12,15H,3-9H2,1-2H3. The molecule has 0 amide bonds. The molecule has 1 fully saturated rings. The highest BCUT2D eigenvalue weighted by Crippen LogP contribution is 2.32. The van der Waals surface area contributed by atoms with Crippen LogP contribution in [0.3, 0.4) is 0 Å². The number of nitrogens with zero attached hydrogens (tertiary/aromatic N) is 1. The van der Waals surface area contributed by atoms with Crippen molar-refractivity contribution in [2.45, 2.75) is 64.3 Å². The van der Waals surface area contributed by atoms with E-state index in [2.05, 4.69) is 24.1 Å². The monoisotopic (exact) mass is 236 g/mol. The molecule has 17 heavy (non-hydrogen) atoms. The number of aromatic nitrogens is 1. The smallest absolute Gasteiger partial charge is 0.195 e. The number of hydrogen-bond acceptors (Lipinski definition) is 3. The molecule has 0 atom stereocenters. The Labute approximate surface area is 104 Å². The van der Waals surface area contributed by atoms with Crippen LogP contribution in [0.15, 0.2) is 10.6 Å². The summed E-state index contributed by atoms with van der Waals surface area (Å²) in [7, 11) is 0. The van der Waals surface area contributed by atoms with E-state index in [-0.39, 0.29) is 0 Å². The number of hydrogen-bond donors (Lipinski definition) is 1. The Morgan fingerprint density at radius 3 is 2.82 bits per heavy atom. The zero-order valence-corrected chi connectivity index (χ0v) is 11.0. The Balaban J connectivity index is 1.82. The fourth-order valence-corrected chi connectivity index (χ4v) is 2.48. The fourth-order valence-electron chi connectivity index (χ4n) is 2.48. The van der Waals surface area contributed by atoms with Crippen LogP contribution in [0.1, 0.15) is 63.5 Å². The van der Waals surface area contributed by atoms with Gasteiger partial charge in [-0.2, -0.15) is 0 Å².